The maximum Gasteiger partial charge on any atom is 0.269 e. The predicted molar refractivity (Wildman–Crippen MR) is 99.6 cm³/mol. The van der Waals surface area contributed by atoms with Crippen LogP contribution in [0.25, 0.3) is 0 Å². The van der Waals surface area contributed by atoms with Gasteiger partial charge in [-0.2, -0.15) is 4.31 Å². The summed E-state index contributed by atoms with van der Waals surface area (Å²) in [5.41, 5.74) is -0.909. The Kier molecular flexibility index (Phi) is 6.08. The third-order valence-corrected chi connectivity index (χ3v) is 6.63. The number of hydrogen-bond donors (Lipinski definition) is 1. The Bertz CT molecular complexity index is 1090. The van der Waals surface area contributed by atoms with Crippen molar-refractivity contribution < 1.29 is 31.3 Å². The quantitative estimate of drug-likeness (QED) is 0.434. The molecule has 2 aromatic carbocycles. The molecular formula is C18H16F3N3O5S. The number of non-ortho nitro benzene ring substituents is 1. The number of carbonyl (C=O) groups is 1. The first-order chi connectivity index (χ1) is 14.1. The maximum atomic E-state index is 13.9. The topological polar surface area (TPSA) is 110 Å². The molecule has 12 heteroatoms. The smallest absolute Gasteiger partial charge is 0.269 e. The molecule has 1 unspecified atom stereocenters. The van der Waals surface area contributed by atoms with E-state index >= 15 is 0 Å². The molecule has 2 aromatic rings. The molecule has 3 rings (SSSR count). The lowest BCUT2D eigenvalue weighted by Gasteiger charge is -2.33. The van der Waals surface area contributed by atoms with Crippen LogP contribution in [0.3, 0.4) is 0 Å². The normalized spacial score (nSPS) is 17.5. The number of nitro benzene ring substituents is 1. The summed E-state index contributed by atoms with van der Waals surface area (Å²) in [5, 5.41) is 12.9. The molecule has 1 amide bonds. The van der Waals surface area contributed by atoms with E-state index in [1.54, 1.807) is 0 Å². The summed E-state index contributed by atoms with van der Waals surface area (Å²) in [4.78, 5) is 22.5. The number of nitrogens with zero attached hydrogens (tertiary/aromatic N) is 2. The van der Waals surface area contributed by atoms with E-state index in [4.69, 9.17) is 0 Å². The van der Waals surface area contributed by atoms with Crippen LogP contribution < -0.4 is 5.32 Å². The van der Waals surface area contributed by atoms with Crippen LogP contribution in [0.5, 0.6) is 0 Å². The van der Waals surface area contributed by atoms with Gasteiger partial charge in [0.2, 0.25) is 15.9 Å². The van der Waals surface area contributed by atoms with E-state index in [0.29, 0.717) is 18.9 Å². The third kappa shape index (κ3) is 4.14. The zero-order valence-electron chi connectivity index (χ0n) is 15.3. The highest BCUT2D eigenvalue weighted by atomic mass is 32.2. The van der Waals surface area contributed by atoms with E-state index < -0.39 is 50.0 Å². The summed E-state index contributed by atoms with van der Waals surface area (Å²) in [6, 6.07) is 4.44. The lowest BCUT2D eigenvalue weighted by Crippen LogP contribution is -2.49. The number of halogens is 3. The summed E-state index contributed by atoms with van der Waals surface area (Å²) in [5.74, 6) is -5.67. The molecule has 0 radical (unpaired) electrons. The average molecular weight is 443 g/mol. The molecule has 1 aliphatic rings. The van der Waals surface area contributed by atoms with Crippen LogP contribution in [0.4, 0.5) is 24.5 Å². The number of carbonyl (C=O) groups excluding carboxylic acids is 1. The van der Waals surface area contributed by atoms with Crippen molar-refractivity contribution in [3.05, 3.63) is 64.0 Å². The van der Waals surface area contributed by atoms with Crippen LogP contribution in [0.15, 0.2) is 41.3 Å². The molecule has 0 bridgehead atoms. The molecule has 1 aliphatic heterocycles. The Morgan fingerprint density at radius 1 is 1.07 bits per heavy atom. The largest absolute Gasteiger partial charge is 0.322 e. The number of amides is 1. The number of rotatable bonds is 5. The Morgan fingerprint density at radius 2 is 1.73 bits per heavy atom. The van der Waals surface area contributed by atoms with Gasteiger partial charge < -0.3 is 5.32 Å². The highest BCUT2D eigenvalue weighted by molar-refractivity contribution is 7.89. The van der Waals surface area contributed by atoms with Crippen molar-refractivity contribution in [3.8, 4) is 0 Å². The molecule has 0 aliphatic carbocycles. The fourth-order valence-electron chi connectivity index (χ4n) is 3.17. The number of anilines is 1. The zero-order valence-corrected chi connectivity index (χ0v) is 16.2. The molecule has 1 atom stereocenters. The summed E-state index contributed by atoms with van der Waals surface area (Å²) in [7, 11) is -4.19. The Morgan fingerprint density at radius 3 is 2.37 bits per heavy atom. The van der Waals surface area contributed by atoms with Crippen molar-refractivity contribution >= 4 is 27.3 Å². The second kappa shape index (κ2) is 8.40. The van der Waals surface area contributed by atoms with Crippen molar-refractivity contribution in [2.75, 3.05) is 11.9 Å². The number of sulfonamides is 1. The highest BCUT2D eigenvalue weighted by Gasteiger charge is 2.38. The van der Waals surface area contributed by atoms with Crippen LogP contribution in [0.2, 0.25) is 0 Å². The zero-order chi connectivity index (χ0) is 22.1. The molecule has 1 fully saturated rings. The third-order valence-electron chi connectivity index (χ3n) is 4.70. The number of hydrogen-bond acceptors (Lipinski definition) is 5. The lowest BCUT2D eigenvalue weighted by atomic mass is 10.0. The number of piperidine rings is 1. The first-order valence-corrected chi connectivity index (χ1v) is 10.3. The van der Waals surface area contributed by atoms with Gasteiger partial charge in [-0.1, -0.05) is 6.42 Å². The first kappa shape index (κ1) is 21.7. The molecular weight excluding hydrogens is 427 g/mol. The summed E-state index contributed by atoms with van der Waals surface area (Å²) in [6.07, 6.45) is 1.11. The summed E-state index contributed by atoms with van der Waals surface area (Å²) < 4.78 is 67.3. The molecule has 30 heavy (non-hydrogen) atoms. The van der Waals surface area contributed by atoms with E-state index in [-0.39, 0.29) is 23.5 Å². The molecule has 0 saturated carbocycles. The predicted octanol–water partition coefficient (Wildman–Crippen LogP) is 3.19. The second-order valence-electron chi connectivity index (χ2n) is 6.59. The molecule has 0 aromatic heterocycles. The van der Waals surface area contributed by atoms with E-state index in [0.717, 1.165) is 34.6 Å². The van der Waals surface area contributed by atoms with Crippen molar-refractivity contribution in [3.63, 3.8) is 0 Å². The number of nitro groups is 1. The summed E-state index contributed by atoms with van der Waals surface area (Å²) >= 11 is 0. The second-order valence-corrected chi connectivity index (χ2v) is 8.48. The highest BCUT2D eigenvalue weighted by Crippen LogP contribution is 2.28. The average Bonchev–Trinajstić information content (AvgIpc) is 2.74. The Hall–Kier alpha value is -2.99. The minimum absolute atomic E-state index is 0.00231. The van der Waals surface area contributed by atoms with Gasteiger partial charge in [0.1, 0.15) is 6.04 Å². The van der Waals surface area contributed by atoms with Gasteiger partial charge in [0, 0.05) is 18.7 Å². The lowest BCUT2D eigenvalue weighted by molar-refractivity contribution is -0.384. The number of nitrogens with one attached hydrogen (secondary N) is 1. The molecule has 8 nitrogen and oxygen atoms in total. The van der Waals surface area contributed by atoms with Gasteiger partial charge >= 0.3 is 0 Å². The van der Waals surface area contributed by atoms with Crippen LogP contribution in [0, 0.1) is 27.6 Å². The summed E-state index contributed by atoms with van der Waals surface area (Å²) in [6.45, 7) is -0.00231. The van der Waals surface area contributed by atoms with Crippen LogP contribution >= 0.6 is 0 Å². The van der Waals surface area contributed by atoms with Crippen molar-refractivity contribution in [1.82, 2.24) is 4.31 Å². The van der Waals surface area contributed by atoms with Gasteiger partial charge in [0.05, 0.1) is 15.5 Å². The molecule has 0 spiro atoms. The molecule has 1 N–H and O–H groups in total. The monoisotopic (exact) mass is 443 g/mol. The molecule has 160 valence electrons. The minimum Gasteiger partial charge on any atom is -0.322 e. The van der Waals surface area contributed by atoms with E-state index in [2.05, 4.69) is 5.32 Å². The van der Waals surface area contributed by atoms with Crippen molar-refractivity contribution in [2.45, 2.75) is 30.2 Å². The number of benzene rings is 2. The van der Waals surface area contributed by atoms with E-state index in [1.165, 1.54) is 0 Å². The SMILES string of the molecule is O=C(Nc1ccc(F)c(F)c1F)C1CCCCN1S(=O)(=O)c1ccc([N+](=O)[O-])cc1. The van der Waals surface area contributed by atoms with Gasteiger partial charge in [-0.15, -0.1) is 0 Å². The van der Waals surface area contributed by atoms with Crippen LogP contribution in [-0.2, 0) is 14.8 Å². The fraction of sp³-hybridized carbons (Fsp3) is 0.278. The van der Waals surface area contributed by atoms with E-state index in [9.17, 15) is 36.5 Å². The molecule has 1 heterocycles. The minimum atomic E-state index is -4.19. The van der Waals surface area contributed by atoms with Gasteiger partial charge in [0.25, 0.3) is 5.69 Å². The fourth-order valence-corrected chi connectivity index (χ4v) is 4.82. The van der Waals surface area contributed by atoms with Gasteiger partial charge in [-0.25, -0.2) is 21.6 Å². The van der Waals surface area contributed by atoms with Crippen LogP contribution in [-0.4, -0.2) is 36.1 Å². The maximum absolute atomic E-state index is 13.9. The van der Waals surface area contributed by atoms with Crippen molar-refractivity contribution in [2.24, 2.45) is 0 Å². The van der Waals surface area contributed by atoms with Gasteiger partial charge in [0.15, 0.2) is 17.5 Å². The van der Waals surface area contributed by atoms with Gasteiger partial charge in [-0.3, -0.25) is 14.9 Å². The Balaban J connectivity index is 1.87. The van der Waals surface area contributed by atoms with Gasteiger partial charge in [-0.05, 0) is 37.1 Å². The molecule has 1 saturated heterocycles. The standard InChI is InChI=1S/C18H16F3N3O5S/c19-13-8-9-14(17(21)16(13)20)22-18(25)15-3-1-2-10-23(15)30(28,29)12-6-4-11(5-7-12)24(26)27/h4-9,15H,1-3,10H2,(H,22,25). The van der Waals surface area contributed by atoms with Crippen molar-refractivity contribution in [1.29, 1.82) is 0 Å². The Labute approximate surface area is 169 Å². The van der Waals surface area contributed by atoms with Crippen LogP contribution in [0.1, 0.15) is 19.3 Å². The van der Waals surface area contributed by atoms with E-state index in [1.807, 2.05) is 0 Å². The first-order valence-electron chi connectivity index (χ1n) is 8.83.